The fraction of sp³-hybridized carbons (Fsp3) is 0.333. The van der Waals surface area contributed by atoms with Crippen LogP contribution in [0.3, 0.4) is 0 Å². The molecule has 0 bridgehead atoms. The van der Waals surface area contributed by atoms with Crippen molar-refractivity contribution in [1.82, 2.24) is 20.6 Å². The van der Waals surface area contributed by atoms with Crippen LogP contribution in [-0.4, -0.2) is 43.3 Å². The number of ether oxygens (including phenoxy) is 2. The summed E-state index contributed by atoms with van der Waals surface area (Å²) in [6.45, 7) is 4.52. The first-order valence-corrected chi connectivity index (χ1v) is 10.4. The molecule has 0 spiro atoms. The molecule has 2 aromatic carbocycles. The SMILES string of the molecule is CN=C(NCc1ncc(-c2ccccc2)[nH]1)NCc1ccc(C)cc1OCCCOC.I. The van der Waals surface area contributed by atoms with Crippen molar-refractivity contribution in [2.75, 3.05) is 27.4 Å². The van der Waals surface area contributed by atoms with Crippen molar-refractivity contribution in [2.24, 2.45) is 4.99 Å². The summed E-state index contributed by atoms with van der Waals surface area (Å²) in [6.07, 6.45) is 2.71. The van der Waals surface area contributed by atoms with Gasteiger partial charge in [0.2, 0.25) is 0 Å². The summed E-state index contributed by atoms with van der Waals surface area (Å²) >= 11 is 0. The largest absolute Gasteiger partial charge is 0.493 e. The normalized spacial score (nSPS) is 11.0. The number of H-pyrrole nitrogens is 1. The summed E-state index contributed by atoms with van der Waals surface area (Å²) in [5, 5.41) is 6.65. The van der Waals surface area contributed by atoms with Crippen LogP contribution in [0.15, 0.2) is 59.7 Å². The zero-order chi connectivity index (χ0) is 21.9. The van der Waals surface area contributed by atoms with Crippen LogP contribution >= 0.6 is 24.0 Å². The predicted octanol–water partition coefficient (Wildman–Crippen LogP) is 4.28. The summed E-state index contributed by atoms with van der Waals surface area (Å²) in [5.41, 5.74) is 4.35. The Morgan fingerprint density at radius 1 is 1.06 bits per heavy atom. The number of rotatable bonds is 10. The molecule has 172 valence electrons. The van der Waals surface area contributed by atoms with Crippen molar-refractivity contribution < 1.29 is 9.47 Å². The number of hydrogen-bond donors (Lipinski definition) is 3. The highest BCUT2D eigenvalue weighted by Gasteiger charge is 2.07. The van der Waals surface area contributed by atoms with E-state index in [9.17, 15) is 0 Å². The standard InChI is InChI=1S/C24H31N5O2.HI/c1-18-10-11-20(22(14-18)31-13-7-12-30-3)15-27-24(25-2)28-17-23-26-16-21(29-23)19-8-5-4-6-9-19;/h4-6,8-11,14,16H,7,12-13,15,17H2,1-3H3,(H,26,29)(H2,25,27,28);1H. The van der Waals surface area contributed by atoms with Crippen molar-refractivity contribution in [3.05, 3.63) is 71.7 Å². The maximum absolute atomic E-state index is 5.96. The zero-order valence-corrected chi connectivity index (χ0v) is 21.2. The van der Waals surface area contributed by atoms with E-state index in [0.29, 0.717) is 32.3 Å². The van der Waals surface area contributed by atoms with Gasteiger partial charge in [0, 0.05) is 39.3 Å². The van der Waals surface area contributed by atoms with Gasteiger partial charge in [-0.1, -0.05) is 42.5 Å². The van der Waals surface area contributed by atoms with Gasteiger partial charge in [-0.05, 0) is 24.1 Å². The van der Waals surface area contributed by atoms with Gasteiger partial charge in [-0.2, -0.15) is 0 Å². The summed E-state index contributed by atoms with van der Waals surface area (Å²) in [4.78, 5) is 12.1. The van der Waals surface area contributed by atoms with Gasteiger partial charge in [0.1, 0.15) is 11.6 Å². The number of nitrogens with one attached hydrogen (secondary N) is 3. The lowest BCUT2D eigenvalue weighted by atomic mass is 10.1. The molecule has 0 radical (unpaired) electrons. The van der Waals surface area contributed by atoms with E-state index in [1.807, 2.05) is 24.4 Å². The average molecular weight is 549 g/mol. The molecule has 8 heteroatoms. The molecular weight excluding hydrogens is 517 g/mol. The molecule has 7 nitrogen and oxygen atoms in total. The Balaban J connectivity index is 0.00000363. The number of aromatic nitrogens is 2. The highest BCUT2D eigenvalue weighted by atomic mass is 127. The number of aliphatic imine (C=N–C) groups is 1. The minimum atomic E-state index is 0. The molecule has 0 aliphatic heterocycles. The first-order chi connectivity index (χ1) is 15.2. The number of aromatic amines is 1. The van der Waals surface area contributed by atoms with Crippen LogP contribution in [0, 0.1) is 6.92 Å². The number of methoxy groups -OCH3 is 1. The van der Waals surface area contributed by atoms with Gasteiger partial charge in [-0.25, -0.2) is 4.98 Å². The predicted molar refractivity (Wildman–Crippen MR) is 140 cm³/mol. The molecule has 0 aliphatic carbocycles. The van der Waals surface area contributed by atoms with E-state index < -0.39 is 0 Å². The molecule has 32 heavy (non-hydrogen) atoms. The Labute approximate surface area is 207 Å². The third-order valence-corrected chi connectivity index (χ3v) is 4.78. The summed E-state index contributed by atoms with van der Waals surface area (Å²) in [6, 6.07) is 16.4. The van der Waals surface area contributed by atoms with Crippen LogP contribution < -0.4 is 15.4 Å². The summed E-state index contributed by atoms with van der Waals surface area (Å²) in [7, 11) is 3.45. The lowest BCUT2D eigenvalue weighted by molar-refractivity contribution is 0.171. The van der Waals surface area contributed by atoms with E-state index in [1.54, 1.807) is 14.2 Å². The number of guanidine groups is 1. The van der Waals surface area contributed by atoms with Gasteiger partial charge in [0.15, 0.2) is 5.96 Å². The van der Waals surface area contributed by atoms with E-state index in [-0.39, 0.29) is 24.0 Å². The van der Waals surface area contributed by atoms with Crippen LogP contribution in [-0.2, 0) is 17.8 Å². The van der Waals surface area contributed by atoms with Crippen LogP contribution in [0.1, 0.15) is 23.4 Å². The van der Waals surface area contributed by atoms with Crippen molar-refractivity contribution in [3.8, 4) is 17.0 Å². The second kappa shape index (κ2) is 13.7. The monoisotopic (exact) mass is 549 g/mol. The van der Waals surface area contributed by atoms with Crippen molar-refractivity contribution >= 4 is 29.9 Å². The number of benzene rings is 2. The third kappa shape index (κ3) is 7.83. The number of halogens is 1. The first kappa shape index (κ1) is 25.7. The smallest absolute Gasteiger partial charge is 0.191 e. The molecular formula is C24H32IN5O2. The van der Waals surface area contributed by atoms with Gasteiger partial charge >= 0.3 is 0 Å². The maximum Gasteiger partial charge on any atom is 0.191 e. The quantitative estimate of drug-likeness (QED) is 0.152. The molecule has 0 amide bonds. The fourth-order valence-electron chi connectivity index (χ4n) is 3.11. The molecule has 1 aromatic heterocycles. The van der Waals surface area contributed by atoms with Gasteiger partial charge in [0.25, 0.3) is 0 Å². The van der Waals surface area contributed by atoms with E-state index in [4.69, 9.17) is 9.47 Å². The number of imidazole rings is 1. The van der Waals surface area contributed by atoms with Crippen molar-refractivity contribution in [3.63, 3.8) is 0 Å². The Bertz CT molecular complexity index is 976. The highest BCUT2D eigenvalue weighted by molar-refractivity contribution is 14.0. The minimum Gasteiger partial charge on any atom is -0.493 e. The van der Waals surface area contributed by atoms with Crippen molar-refractivity contribution in [2.45, 2.75) is 26.4 Å². The number of hydrogen-bond acceptors (Lipinski definition) is 4. The summed E-state index contributed by atoms with van der Waals surface area (Å²) in [5.74, 6) is 2.43. The third-order valence-electron chi connectivity index (χ3n) is 4.78. The Kier molecular flexibility index (Phi) is 11.0. The fourth-order valence-corrected chi connectivity index (χ4v) is 3.11. The van der Waals surface area contributed by atoms with E-state index in [2.05, 4.69) is 62.8 Å². The lowest BCUT2D eigenvalue weighted by Crippen LogP contribution is -2.36. The maximum atomic E-state index is 5.96. The molecule has 3 N–H and O–H groups in total. The molecule has 0 saturated heterocycles. The number of aryl methyl sites for hydroxylation is 1. The summed E-state index contributed by atoms with van der Waals surface area (Å²) < 4.78 is 11.1. The molecule has 0 saturated carbocycles. The molecule has 0 fully saturated rings. The van der Waals surface area contributed by atoms with Crippen LogP contribution in [0.4, 0.5) is 0 Å². The van der Waals surface area contributed by atoms with Gasteiger partial charge in [0.05, 0.1) is 25.0 Å². The molecule has 3 aromatic rings. The molecule has 0 atom stereocenters. The van der Waals surface area contributed by atoms with Crippen LogP contribution in [0.25, 0.3) is 11.3 Å². The van der Waals surface area contributed by atoms with Gasteiger partial charge < -0.3 is 25.1 Å². The second-order valence-electron chi connectivity index (χ2n) is 7.19. The topological polar surface area (TPSA) is 83.6 Å². The highest BCUT2D eigenvalue weighted by Crippen LogP contribution is 2.20. The van der Waals surface area contributed by atoms with Crippen LogP contribution in [0.2, 0.25) is 0 Å². The molecule has 3 rings (SSSR count). The Hall–Kier alpha value is -2.59. The van der Waals surface area contributed by atoms with E-state index in [1.165, 1.54) is 5.56 Å². The zero-order valence-electron chi connectivity index (χ0n) is 18.9. The molecule has 1 heterocycles. The van der Waals surface area contributed by atoms with E-state index in [0.717, 1.165) is 34.8 Å². The second-order valence-corrected chi connectivity index (χ2v) is 7.19. The van der Waals surface area contributed by atoms with Gasteiger partial charge in [-0.15, -0.1) is 24.0 Å². The lowest BCUT2D eigenvalue weighted by Gasteiger charge is -2.15. The van der Waals surface area contributed by atoms with Crippen molar-refractivity contribution in [1.29, 1.82) is 0 Å². The Morgan fingerprint density at radius 2 is 1.84 bits per heavy atom. The average Bonchev–Trinajstić information content (AvgIpc) is 3.27. The Morgan fingerprint density at radius 3 is 2.59 bits per heavy atom. The number of nitrogens with zero attached hydrogens (tertiary/aromatic N) is 2. The first-order valence-electron chi connectivity index (χ1n) is 10.4. The van der Waals surface area contributed by atoms with E-state index >= 15 is 0 Å². The molecule has 0 unspecified atom stereocenters. The van der Waals surface area contributed by atoms with Crippen LogP contribution in [0.5, 0.6) is 5.75 Å². The minimum absolute atomic E-state index is 0. The van der Waals surface area contributed by atoms with Gasteiger partial charge in [-0.3, -0.25) is 4.99 Å². The molecule has 0 aliphatic rings.